The Balaban J connectivity index is 1.74. The van der Waals surface area contributed by atoms with Gasteiger partial charge in [0.25, 0.3) is 0 Å². The summed E-state index contributed by atoms with van der Waals surface area (Å²) in [7, 11) is 0. The molecule has 0 saturated heterocycles. The van der Waals surface area contributed by atoms with E-state index in [1.165, 1.54) is 31.2 Å². The van der Waals surface area contributed by atoms with Crippen molar-refractivity contribution in [3.8, 4) is 5.75 Å². The maximum Gasteiger partial charge on any atom is 0.115 e. The van der Waals surface area contributed by atoms with E-state index >= 15 is 0 Å². The van der Waals surface area contributed by atoms with Gasteiger partial charge in [0, 0.05) is 6.04 Å². The van der Waals surface area contributed by atoms with Crippen molar-refractivity contribution in [1.29, 1.82) is 0 Å². The fourth-order valence-corrected chi connectivity index (χ4v) is 2.50. The first kappa shape index (κ1) is 12.4. The van der Waals surface area contributed by atoms with Crippen LogP contribution in [0, 0.1) is 5.92 Å². The van der Waals surface area contributed by atoms with Gasteiger partial charge < -0.3 is 10.4 Å². The molecule has 2 rings (SSSR count). The molecule has 1 aromatic rings. The molecule has 0 radical (unpaired) electrons. The number of benzene rings is 1. The zero-order chi connectivity index (χ0) is 12.1. The Morgan fingerprint density at radius 3 is 2.88 bits per heavy atom. The zero-order valence-electron chi connectivity index (χ0n) is 10.7. The maximum absolute atomic E-state index is 9.39. The summed E-state index contributed by atoms with van der Waals surface area (Å²) >= 11 is 0. The topological polar surface area (TPSA) is 32.3 Å². The standard InChI is InChI=1S/C15H23NO/c1-2-16-15(13-9-10-13)8-4-6-12-5-3-7-14(17)11-12/h3,5,7,11,13,15-17H,2,4,6,8-10H2,1H3. The Bertz CT molecular complexity index is 347. The lowest BCUT2D eigenvalue weighted by atomic mass is 10.0. The van der Waals surface area contributed by atoms with Crippen molar-refractivity contribution >= 4 is 0 Å². The van der Waals surface area contributed by atoms with Gasteiger partial charge in [-0.25, -0.2) is 0 Å². The van der Waals surface area contributed by atoms with E-state index in [4.69, 9.17) is 0 Å². The molecular weight excluding hydrogens is 210 g/mol. The second-order valence-corrected chi connectivity index (χ2v) is 5.06. The lowest BCUT2D eigenvalue weighted by Crippen LogP contribution is -2.30. The summed E-state index contributed by atoms with van der Waals surface area (Å²) in [6.07, 6.45) is 6.35. The van der Waals surface area contributed by atoms with Crippen LogP contribution in [0.1, 0.15) is 38.2 Å². The molecular formula is C15H23NO. The van der Waals surface area contributed by atoms with Gasteiger partial charge in [0.05, 0.1) is 0 Å². The number of nitrogens with one attached hydrogen (secondary N) is 1. The van der Waals surface area contributed by atoms with Gasteiger partial charge in [-0.1, -0.05) is 19.1 Å². The molecule has 2 N–H and O–H groups in total. The highest BCUT2D eigenvalue weighted by molar-refractivity contribution is 5.27. The van der Waals surface area contributed by atoms with E-state index < -0.39 is 0 Å². The third-order valence-electron chi connectivity index (χ3n) is 3.55. The second-order valence-electron chi connectivity index (χ2n) is 5.06. The molecule has 1 unspecified atom stereocenters. The van der Waals surface area contributed by atoms with Crippen molar-refractivity contribution in [2.24, 2.45) is 5.92 Å². The molecule has 2 heteroatoms. The Hall–Kier alpha value is -1.02. The molecule has 0 amide bonds. The fraction of sp³-hybridized carbons (Fsp3) is 0.600. The second kappa shape index (κ2) is 6.06. The normalized spacial score (nSPS) is 17.0. The molecule has 1 aliphatic carbocycles. The Kier molecular flexibility index (Phi) is 4.43. The van der Waals surface area contributed by atoms with Crippen molar-refractivity contribution < 1.29 is 5.11 Å². The number of phenolic OH excluding ortho intramolecular Hbond substituents is 1. The van der Waals surface area contributed by atoms with Crippen molar-refractivity contribution in [2.45, 2.75) is 45.1 Å². The summed E-state index contributed by atoms with van der Waals surface area (Å²) in [4.78, 5) is 0. The summed E-state index contributed by atoms with van der Waals surface area (Å²) in [5.74, 6) is 1.31. The molecule has 0 aromatic heterocycles. The van der Waals surface area contributed by atoms with Gasteiger partial charge in [0.2, 0.25) is 0 Å². The molecule has 0 spiro atoms. The quantitative estimate of drug-likeness (QED) is 0.758. The third kappa shape index (κ3) is 4.04. The lowest BCUT2D eigenvalue weighted by Gasteiger charge is -2.16. The molecule has 94 valence electrons. The summed E-state index contributed by atoms with van der Waals surface area (Å²) in [6.45, 7) is 3.26. The van der Waals surface area contributed by atoms with Crippen LogP contribution in [0.5, 0.6) is 5.75 Å². The van der Waals surface area contributed by atoms with Crippen LogP contribution in [-0.2, 0) is 6.42 Å². The van der Waals surface area contributed by atoms with Crippen molar-refractivity contribution in [3.63, 3.8) is 0 Å². The Labute approximate surface area is 104 Å². The first-order chi connectivity index (χ1) is 8.29. The molecule has 1 fully saturated rings. The van der Waals surface area contributed by atoms with Gasteiger partial charge in [-0.3, -0.25) is 0 Å². The highest BCUT2D eigenvalue weighted by Gasteiger charge is 2.29. The molecule has 0 bridgehead atoms. The molecule has 1 aliphatic rings. The highest BCUT2D eigenvalue weighted by atomic mass is 16.3. The van der Waals surface area contributed by atoms with E-state index in [1.807, 2.05) is 12.1 Å². The van der Waals surface area contributed by atoms with Crippen LogP contribution in [0.2, 0.25) is 0 Å². The summed E-state index contributed by atoms with van der Waals surface area (Å²) in [5, 5.41) is 13.0. The van der Waals surface area contributed by atoms with Crippen molar-refractivity contribution in [3.05, 3.63) is 29.8 Å². The van der Waals surface area contributed by atoms with Gasteiger partial charge in [-0.05, 0) is 62.3 Å². The number of aromatic hydroxyl groups is 1. The maximum atomic E-state index is 9.39. The molecule has 0 aliphatic heterocycles. The van der Waals surface area contributed by atoms with Crippen LogP contribution < -0.4 is 5.32 Å². The van der Waals surface area contributed by atoms with Crippen LogP contribution >= 0.6 is 0 Å². The molecule has 1 aromatic carbocycles. The van der Waals surface area contributed by atoms with E-state index in [-0.39, 0.29) is 0 Å². The average Bonchev–Trinajstić information content (AvgIpc) is 3.12. The summed E-state index contributed by atoms with van der Waals surface area (Å²) in [5.41, 5.74) is 1.25. The highest BCUT2D eigenvalue weighted by Crippen LogP contribution is 2.34. The van der Waals surface area contributed by atoms with E-state index in [2.05, 4.69) is 18.3 Å². The number of phenols is 1. The number of hydrogen-bond acceptors (Lipinski definition) is 2. The first-order valence-electron chi connectivity index (χ1n) is 6.81. The van der Waals surface area contributed by atoms with E-state index in [0.29, 0.717) is 5.75 Å². The van der Waals surface area contributed by atoms with Crippen LogP contribution in [0.25, 0.3) is 0 Å². The van der Waals surface area contributed by atoms with Crippen molar-refractivity contribution in [2.75, 3.05) is 6.54 Å². The summed E-state index contributed by atoms with van der Waals surface area (Å²) < 4.78 is 0. The van der Waals surface area contributed by atoms with E-state index in [0.717, 1.165) is 24.9 Å². The lowest BCUT2D eigenvalue weighted by molar-refractivity contribution is 0.434. The van der Waals surface area contributed by atoms with Crippen LogP contribution in [0.15, 0.2) is 24.3 Å². The average molecular weight is 233 g/mol. The minimum absolute atomic E-state index is 0.382. The monoisotopic (exact) mass is 233 g/mol. The van der Waals surface area contributed by atoms with Gasteiger partial charge in [-0.15, -0.1) is 0 Å². The predicted octanol–water partition coefficient (Wildman–Crippen LogP) is 3.10. The number of rotatable bonds is 7. The molecule has 2 nitrogen and oxygen atoms in total. The number of hydrogen-bond donors (Lipinski definition) is 2. The fourth-order valence-electron chi connectivity index (χ4n) is 2.50. The van der Waals surface area contributed by atoms with Gasteiger partial charge in [0.1, 0.15) is 5.75 Å². The van der Waals surface area contributed by atoms with Crippen LogP contribution in [0.4, 0.5) is 0 Å². The molecule has 0 heterocycles. The van der Waals surface area contributed by atoms with Crippen LogP contribution in [-0.4, -0.2) is 17.7 Å². The van der Waals surface area contributed by atoms with Crippen molar-refractivity contribution in [1.82, 2.24) is 5.32 Å². The third-order valence-corrected chi connectivity index (χ3v) is 3.55. The van der Waals surface area contributed by atoms with Gasteiger partial charge in [-0.2, -0.15) is 0 Å². The SMILES string of the molecule is CCNC(CCCc1cccc(O)c1)C1CC1. The van der Waals surface area contributed by atoms with Crippen LogP contribution in [0.3, 0.4) is 0 Å². The van der Waals surface area contributed by atoms with E-state index in [9.17, 15) is 5.11 Å². The molecule has 1 atom stereocenters. The minimum Gasteiger partial charge on any atom is -0.508 e. The smallest absolute Gasteiger partial charge is 0.115 e. The molecule has 1 saturated carbocycles. The van der Waals surface area contributed by atoms with Gasteiger partial charge >= 0.3 is 0 Å². The largest absolute Gasteiger partial charge is 0.508 e. The summed E-state index contributed by atoms with van der Waals surface area (Å²) in [6, 6.07) is 8.35. The Morgan fingerprint density at radius 1 is 1.41 bits per heavy atom. The first-order valence-corrected chi connectivity index (χ1v) is 6.81. The zero-order valence-corrected chi connectivity index (χ0v) is 10.7. The van der Waals surface area contributed by atoms with Gasteiger partial charge in [0.15, 0.2) is 0 Å². The Morgan fingerprint density at radius 2 is 2.24 bits per heavy atom. The minimum atomic E-state index is 0.382. The predicted molar refractivity (Wildman–Crippen MR) is 71.2 cm³/mol. The number of aryl methyl sites for hydroxylation is 1. The van der Waals surface area contributed by atoms with E-state index in [1.54, 1.807) is 6.07 Å². The molecule has 17 heavy (non-hydrogen) atoms.